The number of H-pyrrole nitrogens is 1. The lowest BCUT2D eigenvalue weighted by Crippen LogP contribution is -2.37. The molecule has 5 heterocycles. The molecule has 34 heavy (non-hydrogen) atoms. The standard InChI is InChI=1S/C21H19F2N9O2/c1-11-8-15(30-34-11)32-10-25-18-19(28-21(29-20(18)32)31-4-6-33-7-5-31)24-9-14-26-13-3-2-12(22)16(23)17(13)27-14/h2-3,8,10H,4-7,9H2,1H3,(H,26,27)(H,24,28,29). The summed E-state index contributed by atoms with van der Waals surface area (Å²) in [6, 6.07) is 4.30. The van der Waals surface area contributed by atoms with Crippen LogP contribution in [0.2, 0.25) is 0 Å². The van der Waals surface area contributed by atoms with Gasteiger partial charge in [-0.3, -0.25) is 4.57 Å². The summed E-state index contributed by atoms with van der Waals surface area (Å²) in [5.74, 6) is 0.681. The maximum Gasteiger partial charge on any atom is 0.229 e. The van der Waals surface area contributed by atoms with Crippen molar-refractivity contribution >= 4 is 34.0 Å². The number of aryl methyl sites for hydroxylation is 1. The van der Waals surface area contributed by atoms with E-state index < -0.39 is 11.6 Å². The van der Waals surface area contributed by atoms with Crippen LogP contribution in [0.5, 0.6) is 0 Å². The monoisotopic (exact) mass is 467 g/mol. The molecule has 13 heteroatoms. The molecule has 0 spiro atoms. The summed E-state index contributed by atoms with van der Waals surface area (Å²) in [5, 5.41) is 7.28. The molecule has 0 bridgehead atoms. The van der Waals surface area contributed by atoms with Gasteiger partial charge >= 0.3 is 0 Å². The number of ether oxygens (including phenoxy) is 1. The Labute approximate surface area is 190 Å². The van der Waals surface area contributed by atoms with Crippen LogP contribution in [0, 0.1) is 18.6 Å². The first kappa shape index (κ1) is 20.5. The van der Waals surface area contributed by atoms with Crippen LogP contribution >= 0.6 is 0 Å². The molecular weight excluding hydrogens is 448 g/mol. The molecule has 2 N–H and O–H groups in total. The summed E-state index contributed by atoms with van der Waals surface area (Å²) in [6.07, 6.45) is 1.60. The number of hydrogen-bond donors (Lipinski definition) is 2. The number of morpholine rings is 1. The van der Waals surface area contributed by atoms with Crippen LogP contribution in [0.25, 0.3) is 28.0 Å². The zero-order chi connectivity index (χ0) is 23.2. The Bertz CT molecular complexity index is 1500. The average Bonchev–Trinajstić information content (AvgIpc) is 3.58. The molecule has 1 aliphatic rings. The van der Waals surface area contributed by atoms with Crippen LogP contribution in [0.3, 0.4) is 0 Å². The van der Waals surface area contributed by atoms with Gasteiger partial charge in [0.15, 0.2) is 34.4 Å². The number of aromatic nitrogens is 7. The highest BCUT2D eigenvalue weighted by molar-refractivity contribution is 5.85. The smallest absolute Gasteiger partial charge is 0.229 e. The van der Waals surface area contributed by atoms with E-state index in [1.165, 1.54) is 6.07 Å². The topological polar surface area (TPSA) is 123 Å². The molecule has 11 nitrogen and oxygen atoms in total. The Hall–Kier alpha value is -4.13. The number of nitrogens with one attached hydrogen (secondary N) is 2. The van der Waals surface area contributed by atoms with Crippen LogP contribution in [0.4, 0.5) is 20.5 Å². The van der Waals surface area contributed by atoms with Crippen molar-refractivity contribution in [2.45, 2.75) is 13.5 Å². The second-order valence-electron chi connectivity index (χ2n) is 7.85. The van der Waals surface area contributed by atoms with E-state index in [4.69, 9.17) is 19.2 Å². The molecule has 0 unspecified atom stereocenters. The Morgan fingerprint density at radius 2 is 1.97 bits per heavy atom. The third kappa shape index (κ3) is 3.50. The van der Waals surface area contributed by atoms with Gasteiger partial charge in [-0.1, -0.05) is 5.16 Å². The Morgan fingerprint density at radius 3 is 2.76 bits per heavy atom. The number of rotatable bonds is 5. The van der Waals surface area contributed by atoms with Gasteiger partial charge in [-0.15, -0.1) is 0 Å². The summed E-state index contributed by atoms with van der Waals surface area (Å²) >= 11 is 0. The first-order valence-electron chi connectivity index (χ1n) is 10.6. The highest BCUT2D eigenvalue weighted by Crippen LogP contribution is 2.26. The molecule has 5 aromatic rings. The number of anilines is 2. The quantitative estimate of drug-likeness (QED) is 0.402. The highest BCUT2D eigenvalue weighted by Gasteiger charge is 2.21. The number of benzene rings is 1. The first-order valence-corrected chi connectivity index (χ1v) is 10.6. The molecular formula is C21H19F2N9O2. The highest BCUT2D eigenvalue weighted by atomic mass is 19.2. The number of nitrogens with zero attached hydrogens (tertiary/aromatic N) is 7. The minimum atomic E-state index is -0.985. The molecule has 1 fully saturated rings. The van der Waals surface area contributed by atoms with Crippen LogP contribution in [0.1, 0.15) is 11.6 Å². The molecule has 0 aliphatic carbocycles. The summed E-state index contributed by atoms with van der Waals surface area (Å²) in [6.45, 7) is 4.44. The van der Waals surface area contributed by atoms with Crippen LogP contribution in [0.15, 0.2) is 29.0 Å². The van der Waals surface area contributed by atoms with E-state index in [1.807, 2.05) is 4.90 Å². The lowest BCUT2D eigenvalue weighted by atomic mass is 10.3. The van der Waals surface area contributed by atoms with Crippen molar-refractivity contribution in [2.24, 2.45) is 0 Å². The predicted octanol–water partition coefficient (Wildman–Crippen LogP) is 2.72. The fourth-order valence-corrected chi connectivity index (χ4v) is 3.87. The number of aromatic amines is 1. The molecule has 1 saturated heterocycles. The van der Waals surface area contributed by atoms with Crippen molar-refractivity contribution in [3.05, 3.63) is 47.7 Å². The van der Waals surface area contributed by atoms with E-state index in [1.54, 1.807) is 23.9 Å². The van der Waals surface area contributed by atoms with Gasteiger partial charge in [0, 0.05) is 19.2 Å². The second kappa shape index (κ2) is 8.02. The average molecular weight is 467 g/mol. The lowest BCUT2D eigenvalue weighted by Gasteiger charge is -2.27. The molecule has 0 radical (unpaired) electrons. The zero-order valence-electron chi connectivity index (χ0n) is 18.0. The van der Waals surface area contributed by atoms with Gasteiger partial charge in [-0.25, -0.2) is 18.7 Å². The fourth-order valence-electron chi connectivity index (χ4n) is 3.87. The van der Waals surface area contributed by atoms with E-state index in [0.29, 0.717) is 72.2 Å². The Morgan fingerprint density at radius 1 is 1.12 bits per heavy atom. The number of halogens is 2. The van der Waals surface area contributed by atoms with E-state index in [-0.39, 0.29) is 12.1 Å². The van der Waals surface area contributed by atoms with Crippen molar-refractivity contribution < 1.29 is 18.0 Å². The van der Waals surface area contributed by atoms with E-state index in [2.05, 4.69) is 25.4 Å². The SMILES string of the molecule is Cc1cc(-n2cnc3c(NCc4nc5c(F)c(F)ccc5[nH]4)nc(N4CCOCC4)nc32)no1. The van der Waals surface area contributed by atoms with Gasteiger partial charge in [0.2, 0.25) is 5.95 Å². The van der Waals surface area contributed by atoms with Gasteiger partial charge in [0.25, 0.3) is 0 Å². The Balaban J connectivity index is 1.39. The first-order chi connectivity index (χ1) is 16.6. The molecule has 1 aliphatic heterocycles. The summed E-state index contributed by atoms with van der Waals surface area (Å²) < 4.78 is 40.0. The van der Waals surface area contributed by atoms with Crippen LogP contribution in [-0.2, 0) is 11.3 Å². The number of imidazole rings is 2. The molecule has 1 aromatic carbocycles. The summed E-state index contributed by atoms with van der Waals surface area (Å²) in [5.41, 5.74) is 1.42. The van der Waals surface area contributed by atoms with Gasteiger partial charge in [0.05, 0.1) is 25.3 Å². The summed E-state index contributed by atoms with van der Waals surface area (Å²) in [4.78, 5) is 23.1. The minimum Gasteiger partial charge on any atom is -0.378 e. The normalized spacial score (nSPS) is 14.4. The van der Waals surface area contributed by atoms with Crippen LogP contribution in [-0.4, -0.2) is 60.9 Å². The largest absolute Gasteiger partial charge is 0.378 e. The van der Waals surface area contributed by atoms with E-state index in [0.717, 1.165) is 6.07 Å². The van der Waals surface area contributed by atoms with Gasteiger partial charge in [-0.2, -0.15) is 9.97 Å². The second-order valence-corrected chi connectivity index (χ2v) is 7.85. The zero-order valence-corrected chi connectivity index (χ0v) is 18.0. The predicted molar refractivity (Wildman–Crippen MR) is 118 cm³/mol. The van der Waals surface area contributed by atoms with Crippen molar-refractivity contribution in [3.8, 4) is 5.82 Å². The molecule has 6 rings (SSSR count). The van der Waals surface area contributed by atoms with E-state index >= 15 is 0 Å². The maximum atomic E-state index is 14.1. The molecule has 0 amide bonds. The van der Waals surface area contributed by atoms with Gasteiger partial charge < -0.3 is 24.5 Å². The molecule has 4 aromatic heterocycles. The molecule has 174 valence electrons. The third-order valence-corrected chi connectivity index (χ3v) is 5.56. The summed E-state index contributed by atoms with van der Waals surface area (Å²) in [7, 11) is 0. The van der Waals surface area contributed by atoms with Crippen molar-refractivity contribution in [1.82, 2.24) is 34.6 Å². The van der Waals surface area contributed by atoms with Crippen molar-refractivity contribution in [3.63, 3.8) is 0 Å². The number of hydrogen-bond acceptors (Lipinski definition) is 9. The molecule has 0 atom stereocenters. The van der Waals surface area contributed by atoms with Crippen LogP contribution < -0.4 is 10.2 Å². The Kier molecular flexibility index (Phi) is 4.83. The number of fused-ring (bicyclic) bond motifs is 2. The van der Waals surface area contributed by atoms with Gasteiger partial charge in [0.1, 0.15) is 23.4 Å². The minimum absolute atomic E-state index is 0.0516. The molecule has 0 saturated carbocycles. The third-order valence-electron chi connectivity index (χ3n) is 5.56. The van der Waals surface area contributed by atoms with Crippen molar-refractivity contribution in [1.29, 1.82) is 0 Å². The fraction of sp³-hybridized carbons (Fsp3) is 0.286. The maximum absolute atomic E-state index is 14.1. The van der Waals surface area contributed by atoms with Crippen molar-refractivity contribution in [2.75, 3.05) is 36.5 Å². The lowest BCUT2D eigenvalue weighted by molar-refractivity contribution is 0.122. The van der Waals surface area contributed by atoms with E-state index in [9.17, 15) is 8.78 Å². The van der Waals surface area contributed by atoms with Gasteiger partial charge in [-0.05, 0) is 19.1 Å².